The van der Waals surface area contributed by atoms with Crippen LogP contribution in [0, 0.1) is 10.1 Å². The first-order valence-corrected chi connectivity index (χ1v) is 8.02. The molecule has 3 rings (SSSR count). The number of nitro benzene ring substituents is 1. The molecule has 2 saturated heterocycles. The largest absolute Gasteiger partial charge is 0.387 e. The number of aliphatic hydroxyl groups is 1. The van der Waals surface area contributed by atoms with Crippen LogP contribution in [-0.2, 0) is 0 Å². The Morgan fingerprint density at radius 3 is 2.82 bits per heavy atom. The van der Waals surface area contributed by atoms with Crippen molar-refractivity contribution in [3.05, 3.63) is 39.9 Å². The molecule has 1 aromatic carbocycles. The van der Waals surface area contributed by atoms with Gasteiger partial charge in [0.2, 0.25) is 0 Å². The van der Waals surface area contributed by atoms with E-state index in [-0.39, 0.29) is 5.69 Å². The molecule has 6 nitrogen and oxygen atoms in total. The fourth-order valence-corrected chi connectivity index (χ4v) is 3.58. The summed E-state index contributed by atoms with van der Waals surface area (Å²) in [5, 5.41) is 21.2. The molecule has 1 N–H and O–H groups in total. The first kappa shape index (κ1) is 15.4. The molecule has 0 bridgehead atoms. The number of hydrogen-bond donors (Lipinski definition) is 1. The Bertz CT molecular complexity index is 531. The van der Waals surface area contributed by atoms with Crippen LogP contribution in [0.3, 0.4) is 0 Å². The molecule has 0 radical (unpaired) electrons. The molecule has 0 amide bonds. The number of nitro groups is 1. The minimum Gasteiger partial charge on any atom is -0.387 e. The predicted octanol–water partition coefficient (Wildman–Crippen LogP) is 1.80. The first-order chi connectivity index (χ1) is 10.6. The topological polar surface area (TPSA) is 69.8 Å². The Kier molecular flexibility index (Phi) is 4.71. The predicted molar refractivity (Wildman–Crippen MR) is 83.7 cm³/mol. The van der Waals surface area contributed by atoms with E-state index in [0.717, 1.165) is 19.5 Å². The molecule has 2 atom stereocenters. The number of likely N-dealkylation sites (tertiary alicyclic amines) is 2. The molecule has 0 spiro atoms. The van der Waals surface area contributed by atoms with E-state index in [1.54, 1.807) is 12.1 Å². The normalized spacial score (nSPS) is 24.7. The van der Waals surface area contributed by atoms with Crippen LogP contribution in [0.25, 0.3) is 0 Å². The monoisotopic (exact) mass is 305 g/mol. The van der Waals surface area contributed by atoms with E-state index in [0.29, 0.717) is 18.2 Å². The maximum atomic E-state index is 10.8. The summed E-state index contributed by atoms with van der Waals surface area (Å²) in [5.74, 6) is 0. The van der Waals surface area contributed by atoms with Gasteiger partial charge in [0.1, 0.15) is 0 Å². The van der Waals surface area contributed by atoms with Gasteiger partial charge in [0.25, 0.3) is 5.69 Å². The summed E-state index contributed by atoms with van der Waals surface area (Å²) in [6.07, 6.45) is 3.08. The van der Waals surface area contributed by atoms with Gasteiger partial charge in [-0.3, -0.25) is 19.9 Å². The van der Waals surface area contributed by atoms with Gasteiger partial charge in [-0.15, -0.1) is 0 Å². The van der Waals surface area contributed by atoms with E-state index in [9.17, 15) is 15.2 Å². The number of aliphatic hydroxyl groups excluding tert-OH is 1. The van der Waals surface area contributed by atoms with Crippen molar-refractivity contribution in [3.63, 3.8) is 0 Å². The molecule has 22 heavy (non-hydrogen) atoms. The van der Waals surface area contributed by atoms with Crippen molar-refractivity contribution in [1.82, 2.24) is 9.80 Å². The third kappa shape index (κ3) is 3.45. The van der Waals surface area contributed by atoms with Gasteiger partial charge < -0.3 is 5.11 Å². The molecule has 6 heteroatoms. The highest BCUT2D eigenvalue weighted by atomic mass is 16.6. The van der Waals surface area contributed by atoms with Crippen LogP contribution < -0.4 is 0 Å². The van der Waals surface area contributed by atoms with Crippen LogP contribution in [0.2, 0.25) is 0 Å². The smallest absolute Gasteiger partial charge is 0.269 e. The SMILES string of the molecule is O=[N+]([O-])c1cccc(C(O)CN2CCC(N3CCCC3)C2)c1. The number of non-ortho nitro benzene ring substituents is 1. The van der Waals surface area contributed by atoms with Gasteiger partial charge in [-0.2, -0.15) is 0 Å². The standard InChI is InChI=1S/C16H23N3O3/c20-16(13-4-3-5-14(10-13)19(21)22)12-17-9-6-15(11-17)18-7-1-2-8-18/h3-5,10,15-16,20H,1-2,6-9,11-12H2. The molecule has 2 aliphatic heterocycles. The van der Waals surface area contributed by atoms with Gasteiger partial charge in [0.15, 0.2) is 0 Å². The lowest BCUT2D eigenvalue weighted by Crippen LogP contribution is -2.36. The summed E-state index contributed by atoms with van der Waals surface area (Å²) in [6, 6.07) is 6.92. The Morgan fingerprint density at radius 1 is 1.32 bits per heavy atom. The summed E-state index contributed by atoms with van der Waals surface area (Å²) in [5.41, 5.74) is 0.659. The van der Waals surface area contributed by atoms with Gasteiger partial charge in [0, 0.05) is 31.3 Å². The average molecular weight is 305 g/mol. The number of hydrogen-bond acceptors (Lipinski definition) is 5. The van der Waals surface area contributed by atoms with Crippen molar-refractivity contribution >= 4 is 5.69 Å². The van der Waals surface area contributed by atoms with E-state index >= 15 is 0 Å². The van der Waals surface area contributed by atoms with Gasteiger partial charge in [-0.1, -0.05) is 12.1 Å². The molecule has 120 valence electrons. The molecule has 2 fully saturated rings. The molecule has 0 aromatic heterocycles. The van der Waals surface area contributed by atoms with Crippen LogP contribution in [0.4, 0.5) is 5.69 Å². The second-order valence-electron chi connectivity index (χ2n) is 6.31. The third-order valence-corrected chi connectivity index (χ3v) is 4.80. The molecule has 0 saturated carbocycles. The summed E-state index contributed by atoms with van der Waals surface area (Å²) in [4.78, 5) is 15.2. The summed E-state index contributed by atoms with van der Waals surface area (Å²) >= 11 is 0. The minimum atomic E-state index is -0.669. The van der Waals surface area contributed by atoms with E-state index in [4.69, 9.17) is 0 Å². The van der Waals surface area contributed by atoms with E-state index < -0.39 is 11.0 Å². The second-order valence-corrected chi connectivity index (χ2v) is 6.31. The van der Waals surface area contributed by atoms with Crippen LogP contribution >= 0.6 is 0 Å². The van der Waals surface area contributed by atoms with Crippen molar-refractivity contribution in [2.75, 3.05) is 32.7 Å². The van der Waals surface area contributed by atoms with E-state index in [1.807, 2.05) is 0 Å². The van der Waals surface area contributed by atoms with Crippen LogP contribution in [-0.4, -0.2) is 58.6 Å². The molecular weight excluding hydrogens is 282 g/mol. The molecule has 0 aliphatic carbocycles. The summed E-state index contributed by atoms with van der Waals surface area (Å²) in [6.45, 7) is 4.93. The Hall–Kier alpha value is -1.50. The van der Waals surface area contributed by atoms with Crippen molar-refractivity contribution in [2.24, 2.45) is 0 Å². The number of β-amino-alcohol motifs (C(OH)–C–C–N with tert-alkyl or cyclic N) is 1. The molecule has 2 aliphatic rings. The minimum absolute atomic E-state index is 0.0351. The maximum Gasteiger partial charge on any atom is 0.269 e. The Labute approximate surface area is 130 Å². The lowest BCUT2D eigenvalue weighted by Gasteiger charge is -2.24. The molecule has 2 heterocycles. The van der Waals surface area contributed by atoms with Crippen molar-refractivity contribution < 1.29 is 10.0 Å². The molecule has 2 unspecified atom stereocenters. The van der Waals surface area contributed by atoms with Gasteiger partial charge in [-0.05, 0) is 44.5 Å². The van der Waals surface area contributed by atoms with Gasteiger partial charge in [-0.25, -0.2) is 0 Å². The van der Waals surface area contributed by atoms with Gasteiger partial charge in [0.05, 0.1) is 11.0 Å². The Balaban J connectivity index is 1.56. The lowest BCUT2D eigenvalue weighted by atomic mass is 10.1. The molecular formula is C16H23N3O3. The second kappa shape index (κ2) is 6.73. The fourth-order valence-electron chi connectivity index (χ4n) is 3.58. The average Bonchev–Trinajstić information content (AvgIpc) is 3.18. The van der Waals surface area contributed by atoms with Gasteiger partial charge >= 0.3 is 0 Å². The zero-order valence-electron chi connectivity index (χ0n) is 12.7. The fraction of sp³-hybridized carbons (Fsp3) is 0.625. The maximum absolute atomic E-state index is 10.8. The summed E-state index contributed by atoms with van der Waals surface area (Å²) < 4.78 is 0. The number of nitrogens with zero attached hydrogens (tertiary/aromatic N) is 3. The Morgan fingerprint density at radius 2 is 2.09 bits per heavy atom. The quantitative estimate of drug-likeness (QED) is 0.663. The van der Waals surface area contributed by atoms with E-state index in [2.05, 4.69) is 9.80 Å². The highest BCUT2D eigenvalue weighted by Crippen LogP contribution is 2.24. The number of benzene rings is 1. The van der Waals surface area contributed by atoms with Crippen molar-refractivity contribution in [2.45, 2.75) is 31.4 Å². The summed E-state index contributed by atoms with van der Waals surface area (Å²) in [7, 11) is 0. The highest BCUT2D eigenvalue weighted by molar-refractivity contribution is 5.35. The zero-order chi connectivity index (χ0) is 15.5. The number of rotatable bonds is 5. The highest BCUT2D eigenvalue weighted by Gasteiger charge is 2.30. The third-order valence-electron chi connectivity index (χ3n) is 4.80. The van der Waals surface area contributed by atoms with E-state index in [1.165, 1.54) is 38.1 Å². The van der Waals surface area contributed by atoms with Crippen LogP contribution in [0.5, 0.6) is 0 Å². The van der Waals surface area contributed by atoms with Crippen molar-refractivity contribution in [3.8, 4) is 0 Å². The van der Waals surface area contributed by atoms with Crippen molar-refractivity contribution in [1.29, 1.82) is 0 Å². The lowest BCUT2D eigenvalue weighted by molar-refractivity contribution is -0.385. The first-order valence-electron chi connectivity index (χ1n) is 8.02. The van der Waals surface area contributed by atoms with Crippen LogP contribution in [0.1, 0.15) is 30.9 Å². The molecule has 1 aromatic rings. The van der Waals surface area contributed by atoms with Crippen LogP contribution in [0.15, 0.2) is 24.3 Å². The zero-order valence-corrected chi connectivity index (χ0v) is 12.7.